The van der Waals surface area contributed by atoms with E-state index in [1.165, 1.54) is 19.3 Å². The molecule has 3 heterocycles. The van der Waals surface area contributed by atoms with Gasteiger partial charge in [-0.1, -0.05) is 6.42 Å². The van der Waals surface area contributed by atoms with Crippen LogP contribution in [0.3, 0.4) is 0 Å². The van der Waals surface area contributed by atoms with Crippen LogP contribution in [0.4, 0.5) is 0 Å². The lowest BCUT2D eigenvalue weighted by molar-refractivity contribution is -0.123. The number of carbonyl (C=O) groups excluding carboxylic acids is 1. The largest absolute Gasteiger partial charge is 0.465 e. The van der Waals surface area contributed by atoms with Crippen LogP contribution in [-0.2, 0) is 4.79 Å². The van der Waals surface area contributed by atoms with Gasteiger partial charge in [-0.3, -0.25) is 14.6 Å². The highest BCUT2D eigenvalue weighted by molar-refractivity contribution is 7.80. The molecule has 2 fully saturated rings. The maximum atomic E-state index is 12.4. The number of carbonyl (C=O) groups is 1. The molecule has 1 aromatic heterocycles. The molecule has 6 heteroatoms. The van der Waals surface area contributed by atoms with E-state index in [9.17, 15) is 4.79 Å². The molecule has 2 saturated heterocycles. The molecule has 1 amide bonds. The molecule has 2 aliphatic heterocycles. The minimum Gasteiger partial charge on any atom is -0.465 e. The summed E-state index contributed by atoms with van der Waals surface area (Å²) in [7, 11) is 0. The zero-order valence-corrected chi connectivity index (χ0v) is 12.0. The van der Waals surface area contributed by atoms with E-state index in [1.807, 2.05) is 0 Å². The fourth-order valence-corrected chi connectivity index (χ4v) is 2.77. The van der Waals surface area contributed by atoms with Crippen LogP contribution < -0.4 is 5.32 Å². The second kappa shape index (κ2) is 5.76. The van der Waals surface area contributed by atoms with Crippen LogP contribution in [0, 0.1) is 0 Å². The Bertz CT molecular complexity index is 533. The van der Waals surface area contributed by atoms with Crippen LogP contribution in [0.15, 0.2) is 28.5 Å². The summed E-state index contributed by atoms with van der Waals surface area (Å²) >= 11 is 5.25. The van der Waals surface area contributed by atoms with Crippen molar-refractivity contribution in [2.24, 2.45) is 0 Å². The van der Waals surface area contributed by atoms with Crippen molar-refractivity contribution < 1.29 is 9.21 Å². The van der Waals surface area contributed by atoms with E-state index >= 15 is 0 Å². The van der Waals surface area contributed by atoms with E-state index in [2.05, 4.69) is 10.2 Å². The lowest BCUT2D eigenvalue weighted by atomic mass is 10.1. The van der Waals surface area contributed by atoms with Crippen LogP contribution >= 0.6 is 12.2 Å². The SMILES string of the molecule is O=C1/C(=C/c2ccco2)NC(=S)N1CN1CCCCC1. The van der Waals surface area contributed by atoms with E-state index in [0.29, 0.717) is 23.2 Å². The second-order valence-corrected chi connectivity index (χ2v) is 5.44. The summed E-state index contributed by atoms with van der Waals surface area (Å²) in [4.78, 5) is 16.2. The minimum atomic E-state index is -0.0861. The summed E-state index contributed by atoms with van der Waals surface area (Å²) in [6, 6.07) is 3.59. The maximum absolute atomic E-state index is 12.4. The van der Waals surface area contributed by atoms with Gasteiger partial charge < -0.3 is 9.73 Å². The Kier molecular flexibility index (Phi) is 3.84. The molecule has 0 atom stereocenters. The van der Waals surface area contributed by atoms with Gasteiger partial charge in [0.15, 0.2) is 5.11 Å². The Morgan fingerprint density at radius 3 is 2.85 bits per heavy atom. The zero-order valence-electron chi connectivity index (χ0n) is 11.2. The minimum absolute atomic E-state index is 0.0861. The molecule has 3 rings (SSSR count). The van der Waals surface area contributed by atoms with E-state index < -0.39 is 0 Å². The highest BCUT2D eigenvalue weighted by atomic mass is 32.1. The predicted octanol–water partition coefficient (Wildman–Crippen LogP) is 1.78. The zero-order chi connectivity index (χ0) is 13.9. The van der Waals surface area contributed by atoms with Crippen LogP contribution in [0.1, 0.15) is 25.0 Å². The van der Waals surface area contributed by atoms with Crippen LogP contribution in [-0.4, -0.2) is 40.6 Å². The summed E-state index contributed by atoms with van der Waals surface area (Å²) in [5.74, 6) is 0.556. The van der Waals surface area contributed by atoms with Gasteiger partial charge in [-0.2, -0.15) is 0 Å². The molecule has 5 nitrogen and oxygen atoms in total. The Hall–Kier alpha value is -1.66. The van der Waals surface area contributed by atoms with Crippen LogP contribution in [0.5, 0.6) is 0 Å². The number of rotatable bonds is 3. The summed E-state index contributed by atoms with van der Waals surface area (Å²) in [5, 5.41) is 3.43. The van der Waals surface area contributed by atoms with Crippen molar-refractivity contribution in [1.29, 1.82) is 0 Å². The summed E-state index contributed by atoms with van der Waals surface area (Å²) in [5.41, 5.74) is 0.474. The van der Waals surface area contributed by atoms with Crippen LogP contribution in [0.25, 0.3) is 6.08 Å². The Morgan fingerprint density at radius 2 is 2.15 bits per heavy atom. The van der Waals surface area contributed by atoms with Crippen molar-refractivity contribution in [3.8, 4) is 0 Å². The third-order valence-electron chi connectivity index (χ3n) is 3.58. The maximum Gasteiger partial charge on any atom is 0.277 e. The first-order chi connectivity index (χ1) is 9.74. The van der Waals surface area contributed by atoms with Gasteiger partial charge in [0.05, 0.1) is 12.9 Å². The molecular weight excluding hydrogens is 274 g/mol. The van der Waals surface area contributed by atoms with Crippen molar-refractivity contribution in [3.63, 3.8) is 0 Å². The van der Waals surface area contributed by atoms with Crippen molar-refractivity contribution in [3.05, 3.63) is 29.9 Å². The lowest BCUT2D eigenvalue weighted by Gasteiger charge is -2.29. The van der Waals surface area contributed by atoms with Crippen molar-refractivity contribution in [2.75, 3.05) is 19.8 Å². The van der Waals surface area contributed by atoms with Gasteiger partial charge in [0.25, 0.3) is 5.91 Å². The summed E-state index contributed by atoms with van der Waals surface area (Å²) in [6.07, 6.45) is 6.92. The fraction of sp³-hybridized carbons (Fsp3) is 0.429. The third-order valence-corrected chi connectivity index (χ3v) is 3.90. The number of nitrogens with one attached hydrogen (secondary N) is 1. The average Bonchev–Trinajstić information content (AvgIpc) is 3.05. The third kappa shape index (κ3) is 2.76. The monoisotopic (exact) mass is 291 g/mol. The fourth-order valence-electron chi connectivity index (χ4n) is 2.52. The molecule has 0 radical (unpaired) electrons. The molecule has 0 aromatic carbocycles. The number of hydrogen-bond donors (Lipinski definition) is 1. The lowest BCUT2D eigenvalue weighted by Crippen LogP contribution is -2.43. The first-order valence-corrected chi connectivity index (χ1v) is 7.25. The summed E-state index contributed by atoms with van der Waals surface area (Å²) < 4.78 is 5.22. The topological polar surface area (TPSA) is 48.7 Å². The highest BCUT2D eigenvalue weighted by Crippen LogP contribution is 2.16. The van der Waals surface area contributed by atoms with Gasteiger partial charge >= 0.3 is 0 Å². The number of hydrogen-bond acceptors (Lipinski definition) is 4. The number of nitrogens with zero attached hydrogens (tertiary/aromatic N) is 2. The van der Waals surface area contributed by atoms with E-state index in [4.69, 9.17) is 16.6 Å². The summed E-state index contributed by atoms with van der Waals surface area (Å²) in [6.45, 7) is 2.63. The molecule has 1 N–H and O–H groups in total. The molecule has 20 heavy (non-hydrogen) atoms. The number of likely N-dealkylation sites (tertiary alicyclic amines) is 1. The average molecular weight is 291 g/mol. The van der Waals surface area contributed by atoms with Crippen LogP contribution in [0.2, 0.25) is 0 Å². The number of amides is 1. The van der Waals surface area contributed by atoms with Gasteiger partial charge in [-0.15, -0.1) is 0 Å². The Labute approximate surface area is 123 Å². The number of thiocarbonyl (C=S) groups is 1. The first-order valence-electron chi connectivity index (χ1n) is 6.84. The second-order valence-electron chi connectivity index (χ2n) is 5.06. The molecular formula is C14H17N3O2S. The number of piperidine rings is 1. The van der Waals surface area contributed by atoms with E-state index in [-0.39, 0.29) is 5.91 Å². The first kappa shape index (κ1) is 13.3. The van der Waals surface area contributed by atoms with Crippen molar-refractivity contribution in [2.45, 2.75) is 19.3 Å². The molecule has 0 aliphatic carbocycles. The molecule has 0 saturated carbocycles. The molecule has 0 unspecified atom stereocenters. The highest BCUT2D eigenvalue weighted by Gasteiger charge is 2.32. The van der Waals surface area contributed by atoms with Gasteiger partial charge in [0.1, 0.15) is 11.5 Å². The Balaban J connectivity index is 1.70. The molecule has 0 bridgehead atoms. The predicted molar refractivity (Wildman–Crippen MR) is 79.6 cm³/mol. The quantitative estimate of drug-likeness (QED) is 0.679. The standard InChI is InChI=1S/C14H17N3O2S/c18-13-12(9-11-5-4-8-19-11)15-14(20)17(13)10-16-6-2-1-3-7-16/h4-5,8-9H,1-3,6-7,10H2,(H,15,20)/b12-9-. The van der Waals surface area contributed by atoms with Gasteiger partial charge in [0.2, 0.25) is 0 Å². The normalized spacial score (nSPS) is 22.6. The van der Waals surface area contributed by atoms with Gasteiger partial charge in [0, 0.05) is 6.08 Å². The molecule has 106 valence electrons. The van der Waals surface area contributed by atoms with E-state index in [1.54, 1.807) is 29.4 Å². The van der Waals surface area contributed by atoms with Gasteiger partial charge in [-0.05, 0) is 50.3 Å². The van der Waals surface area contributed by atoms with Crippen molar-refractivity contribution in [1.82, 2.24) is 15.1 Å². The van der Waals surface area contributed by atoms with Crippen molar-refractivity contribution >= 4 is 29.3 Å². The van der Waals surface area contributed by atoms with E-state index in [0.717, 1.165) is 13.1 Å². The molecule has 2 aliphatic rings. The molecule has 1 aromatic rings. The Morgan fingerprint density at radius 1 is 1.35 bits per heavy atom. The van der Waals surface area contributed by atoms with Gasteiger partial charge in [-0.25, -0.2) is 0 Å². The smallest absolute Gasteiger partial charge is 0.277 e. The molecule has 0 spiro atoms. The number of furan rings is 1.